The SMILES string of the molecule is NCCN(CCN)CCCC(=O)c1cccc2c1NC1C=CC=CC1=C2N. The minimum atomic E-state index is 0.0149. The van der Waals surface area contributed by atoms with Gasteiger partial charge in [0.05, 0.1) is 11.7 Å². The Kier molecular flexibility index (Phi) is 6.45. The molecule has 27 heavy (non-hydrogen) atoms. The summed E-state index contributed by atoms with van der Waals surface area (Å²) in [6.45, 7) is 3.63. The van der Waals surface area contributed by atoms with Crippen LogP contribution in [0.5, 0.6) is 0 Å². The van der Waals surface area contributed by atoms with Gasteiger partial charge >= 0.3 is 0 Å². The highest BCUT2D eigenvalue weighted by Crippen LogP contribution is 2.36. The van der Waals surface area contributed by atoms with Gasteiger partial charge in [-0.3, -0.25) is 4.79 Å². The molecule has 0 radical (unpaired) electrons. The van der Waals surface area contributed by atoms with Crippen LogP contribution in [0.3, 0.4) is 0 Å². The van der Waals surface area contributed by atoms with Gasteiger partial charge < -0.3 is 27.4 Å². The minimum Gasteiger partial charge on any atom is -0.398 e. The average Bonchev–Trinajstić information content (AvgIpc) is 2.68. The molecule has 1 aromatic carbocycles. The van der Waals surface area contributed by atoms with Crippen molar-refractivity contribution in [2.24, 2.45) is 17.2 Å². The molecule has 144 valence electrons. The minimum absolute atomic E-state index is 0.0149. The first kappa shape index (κ1) is 19.4. The zero-order chi connectivity index (χ0) is 19.2. The third-order valence-corrected chi connectivity index (χ3v) is 5.06. The molecule has 3 rings (SSSR count). The predicted molar refractivity (Wildman–Crippen MR) is 111 cm³/mol. The van der Waals surface area contributed by atoms with Crippen molar-refractivity contribution in [3.63, 3.8) is 0 Å². The number of carbonyl (C=O) groups is 1. The molecule has 2 aliphatic rings. The zero-order valence-corrected chi connectivity index (χ0v) is 15.7. The van der Waals surface area contributed by atoms with Gasteiger partial charge in [-0.2, -0.15) is 0 Å². The number of Topliss-reactive ketones (excluding diaryl/α,β-unsaturated/α-hetero) is 1. The van der Waals surface area contributed by atoms with Crippen molar-refractivity contribution < 1.29 is 4.79 Å². The van der Waals surface area contributed by atoms with Crippen molar-refractivity contribution in [3.05, 3.63) is 59.2 Å². The Hall–Kier alpha value is -2.41. The van der Waals surface area contributed by atoms with E-state index in [0.717, 1.165) is 48.6 Å². The first-order valence-electron chi connectivity index (χ1n) is 9.55. The molecule has 1 unspecified atom stereocenters. The average molecular weight is 367 g/mol. The van der Waals surface area contributed by atoms with Crippen LogP contribution in [-0.2, 0) is 0 Å². The number of hydrogen-bond acceptors (Lipinski definition) is 6. The number of rotatable bonds is 9. The molecule has 0 amide bonds. The fourth-order valence-electron chi connectivity index (χ4n) is 3.70. The molecule has 0 aromatic heterocycles. The van der Waals surface area contributed by atoms with E-state index >= 15 is 0 Å². The highest BCUT2D eigenvalue weighted by molar-refractivity contribution is 6.04. The number of para-hydroxylation sites is 1. The fourth-order valence-corrected chi connectivity index (χ4v) is 3.70. The molecule has 0 fully saturated rings. The summed E-state index contributed by atoms with van der Waals surface area (Å²) in [6.07, 6.45) is 9.33. The number of nitrogens with two attached hydrogens (primary N) is 3. The summed E-state index contributed by atoms with van der Waals surface area (Å²) in [5.74, 6) is 0.131. The van der Waals surface area contributed by atoms with E-state index in [9.17, 15) is 4.79 Å². The van der Waals surface area contributed by atoms with Crippen LogP contribution in [0.2, 0.25) is 0 Å². The summed E-state index contributed by atoms with van der Waals surface area (Å²) in [5.41, 5.74) is 21.9. The molecule has 6 nitrogen and oxygen atoms in total. The number of nitrogens with one attached hydrogen (secondary N) is 1. The molecule has 0 bridgehead atoms. The lowest BCUT2D eigenvalue weighted by Gasteiger charge is -2.30. The largest absolute Gasteiger partial charge is 0.398 e. The number of nitrogens with zero attached hydrogens (tertiary/aromatic N) is 1. The Balaban J connectivity index is 1.72. The molecule has 0 saturated carbocycles. The van der Waals surface area contributed by atoms with Gasteiger partial charge in [-0.05, 0) is 19.0 Å². The summed E-state index contributed by atoms with van der Waals surface area (Å²) in [7, 11) is 0. The van der Waals surface area contributed by atoms with Crippen molar-refractivity contribution in [1.29, 1.82) is 0 Å². The summed E-state index contributed by atoms with van der Waals surface area (Å²) >= 11 is 0. The van der Waals surface area contributed by atoms with E-state index < -0.39 is 0 Å². The van der Waals surface area contributed by atoms with Crippen LogP contribution in [0.4, 0.5) is 5.69 Å². The Bertz CT molecular complexity index is 775. The van der Waals surface area contributed by atoms with Gasteiger partial charge in [-0.25, -0.2) is 0 Å². The first-order chi connectivity index (χ1) is 13.2. The van der Waals surface area contributed by atoms with Gasteiger partial charge in [0.25, 0.3) is 0 Å². The van der Waals surface area contributed by atoms with E-state index in [-0.39, 0.29) is 11.8 Å². The van der Waals surface area contributed by atoms with Gasteiger partial charge in [0.1, 0.15) is 0 Å². The van der Waals surface area contributed by atoms with Crippen LogP contribution < -0.4 is 22.5 Å². The monoisotopic (exact) mass is 367 g/mol. The number of anilines is 1. The lowest BCUT2D eigenvalue weighted by atomic mass is 9.89. The van der Waals surface area contributed by atoms with E-state index in [1.807, 2.05) is 36.4 Å². The summed E-state index contributed by atoms with van der Waals surface area (Å²) in [5, 5.41) is 3.48. The molecule has 1 aliphatic heterocycles. The van der Waals surface area contributed by atoms with E-state index in [4.69, 9.17) is 17.2 Å². The van der Waals surface area contributed by atoms with E-state index in [2.05, 4.69) is 16.3 Å². The number of hydrogen-bond donors (Lipinski definition) is 4. The second-order valence-corrected chi connectivity index (χ2v) is 6.91. The van der Waals surface area contributed by atoms with Gasteiger partial charge in [0, 0.05) is 55.0 Å². The van der Waals surface area contributed by atoms with Crippen molar-refractivity contribution in [1.82, 2.24) is 4.90 Å². The molecule has 1 aromatic rings. The third-order valence-electron chi connectivity index (χ3n) is 5.06. The topological polar surface area (TPSA) is 110 Å². The molecule has 1 heterocycles. The highest BCUT2D eigenvalue weighted by Gasteiger charge is 2.26. The third kappa shape index (κ3) is 4.30. The Morgan fingerprint density at radius 3 is 2.63 bits per heavy atom. The van der Waals surface area contributed by atoms with Gasteiger partial charge in [-0.15, -0.1) is 0 Å². The first-order valence-corrected chi connectivity index (χ1v) is 9.55. The smallest absolute Gasteiger partial charge is 0.165 e. The van der Waals surface area contributed by atoms with Crippen LogP contribution in [0.1, 0.15) is 28.8 Å². The molecule has 0 saturated heterocycles. The standard InChI is InChI=1S/C21H29N5O/c22-10-13-26(14-11-23)12-4-9-19(27)16-6-3-7-17-20(24)15-5-1-2-8-18(15)25-21(16)17/h1-3,5-8,18,25H,4,9-14,22-24H2. The lowest BCUT2D eigenvalue weighted by Crippen LogP contribution is -2.34. The van der Waals surface area contributed by atoms with Crippen molar-refractivity contribution >= 4 is 17.2 Å². The Labute approximate surface area is 160 Å². The van der Waals surface area contributed by atoms with Crippen LogP contribution >= 0.6 is 0 Å². The maximum Gasteiger partial charge on any atom is 0.165 e. The molecular formula is C21H29N5O. The van der Waals surface area contributed by atoms with Crippen LogP contribution in [0.25, 0.3) is 5.70 Å². The highest BCUT2D eigenvalue weighted by atomic mass is 16.1. The number of benzene rings is 1. The van der Waals surface area contributed by atoms with Crippen molar-refractivity contribution in [3.8, 4) is 0 Å². The zero-order valence-electron chi connectivity index (χ0n) is 15.7. The number of ketones is 1. The van der Waals surface area contributed by atoms with Gasteiger partial charge in [0.15, 0.2) is 5.78 Å². The Morgan fingerprint density at radius 1 is 1.11 bits per heavy atom. The second kappa shape index (κ2) is 8.99. The molecule has 1 atom stereocenters. The molecular weight excluding hydrogens is 338 g/mol. The molecule has 6 heteroatoms. The van der Waals surface area contributed by atoms with E-state index in [0.29, 0.717) is 25.1 Å². The predicted octanol–water partition coefficient (Wildman–Crippen LogP) is 1.46. The van der Waals surface area contributed by atoms with Crippen molar-refractivity contribution in [2.75, 3.05) is 38.0 Å². The quantitative estimate of drug-likeness (QED) is 0.492. The lowest BCUT2D eigenvalue weighted by molar-refractivity contribution is 0.0976. The van der Waals surface area contributed by atoms with Crippen molar-refractivity contribution in [2.45, 2.75) is 18.9 Å². The fraction of sp³-hybridized carbons (Fsp3) is 0.381. The number of allylic oxidation sites excluding steroid dienone is 2. The number of fused-ring (bicyclic) bond motifs is 2. The molecule has 7 N–H and O–H groups in total. The maximum atomic E-state index is 12.9. The normalized spacial score (nSPS) is 17.7. The van der Waals surface area contributed by atoms with Crippen LogP contribution in [0.15, 0.2) is 48.1 Å². The summed E-state index contributed by atoms with van der Waals surface area (Å²) in [6, 6.07) is 5.76. The number of carbonyl (C=O) groups excluding carboxylic acids is 1. The summed E-state index contributed by atoms with van der Waals surface area (Å²) in [4.78, 5) is 15.1. The van der Waals surface area contributed by atoms with E-state index in [1.54, 1.807) is 0 Å². The maximum absolute atomic E-state index is 12.9. The molecule has 1 aliphatic carbocycles. The Morgan fingerprint density at radius 2 is 1.89 bits per heavy atom. The summed E-state index contributed by atoms with van der Waals surface area (Å²) < 4.78 is 0. The van der Waals surface area contributed by atoms with Gasteiger partial charge in [-0.1, -0.05) is 36.4 Å². The molecule has 0 spiro atoms. The van der Waals surface area contributed by atoms with Crippen LogP contribution in [0, 0.1) is 0 Å². The second-order valence-electron chi connectivity index (χ2n) is 6.91. The van der Waals surface area contributed by atoms with E-state index in [1.165, 1.54) is 0 Å². The van der Waals surface area contributed by atoms with Gasteiger partial charge in [0.2, 0.25) is 0 Å². The van der Waals surface area contributed by atoms with Crippen LogP contribution in [-0.4, -0.2) is 49.4 Å².